The molecule has 3 aliphatic carbocycles. The molecule has 2 aromatic rings. The minimum atomic E-state index is -0.502. The Kier molecular flexibility index (Phi) is 5.81. The highest BCUT2D eigenvalue weighted by atomic mass is 32.2. The number of carbonyl (C=O) groups excluding carboxylic acids is 3. The maximum absolute atomic E-state index is 13.3. The Morgan fingerprint density at radius 2 is 1.61 bits per heavy atom. The number of nitrogens with two attached hydrogens (primary N) is 1. The third kappa shape index (κ3) is 3.78. The monoisotopic (exact) mass is 463 g/mol. The Hall–Kier alpha value is -2.60. The fourth-order valence-electron chi connectivity index (χ4n) is 6.02. The van der Waals surface area contributed by atoms with Gasteiger partial charge >= 0.3 is 5.97 Å². The van der Waals surface area contributed by atoms with Crippen LogP contribution in [0.5, 0.6) is 0 Å². The number of nitrogen functional groups attached to an aromatic ring is 1. The van der Waals surface area contributed by atoms with E-state index in [1.54, 1.807) is 30.3 Å². The second-order valence-corrected chi connectivity index (χ2v) is 10.6. The van der Waals surface area contributed by atoms with E-state index in [2.05, 4.69) is 6.92 Å². The highest BCUT2D eigenvalue weighted by Gasteiger charge is 2.38. The smallest absolute Gasteiger partial charge is 0.340 e. The molecular weight excluding hydrogens is 434 g/mol. The van der Waals surface area contributed by atoms with E-state index in [9.17, 15) is 14.4 Å². The Morgan fingerprint density at radius 1 is 0.970 bits per heavy atom. The summed E-state index contributed by atoms with van der Waals surface area (Å²) in [4.78, 5) is 40.3. The molecule has 2 saturated carbocycles. The SMILES string of the molecule is CSc1cc(C(=O)O[C@@H]2CC[C@@H]3CC(C)CCC3C2)c(N)c2c1C(=O)c1ccccc1C2=O. The van der Waals surface area contributed by atoms with E-state index >= 15 is 0 Å². The number of fused-ring (bicyclic) bond motifs is 3. The molecule has 3 aliphatic rings. The van der Waals surface area contributed by atoms with Crippen LogP contribution in [0.1, 0.15) is 87.6 Å². The minimum absolute atomic E-state index is 0.0424. The average molecular weight is 464 g/mol. The van der Waals surface area contributed by atoms with Crippen LogP contribution in [-0.4, -0.2) is 29.9 Å². The normalized spacial score (nSPS) is 26.2. The molecule has 2 fully saturated rings. The van der Waals surface area contributed by atoms with Crippen LogP contribution in [0.15, 0.2) is 35.2 Å². The number of hydrogen-bond acceptors (Lipinski definition) is 6. The lowest BCUT2D eigenvalue weighted by atomic mass is 9.67. The van der Waals surface area contributed by atoms with Gasteiger partial charge in [0.15, 0.2) is 11.6 Å². The van der Waals surface area contributed by atoms with Crippen LogP contribution < -0.4 is 5.73 Å². The molecule has 0 aliphatic heterocycles. The summed E-state index contributed by atoms with van der Waals surface area (Å²) in [6, 6.07) is 8.37. The molecule has 2 aromatic carbocycles. The summed E-state index contributed by atoms with van der Waals surface area (Å²) >= 11 is 1.33. The first-order valence-corrected chi connectivity index (χ1v) is 13.0. The molecule has 2 unspecified atom stereocenters. The van der Waals surface area contributed by atoms with E-state index < -0.39 is 5.97 Å². The van der Waals surface area contributed by atoms with Crippen LogP contribution in [0.3, 0.4) is 0 Å². The lowest BCUT2D eigenvalue weighted by Gasteiger charge is -2.41. The van der Waals surface area contributed by atoms with Crippen molar-refractivity contribution < 1.29 is 19.1 Å². The Balaban J connectivity index is 1.44. The fraction of sp³-hybridized carbons (Fsp3) is 0.444. The van der Waals surface area contributed by atoms with Gasteiger partial charge < -0.3 is 10.5 Å². The van der Waals surface area contributed by atoms with Gasteiger partial charge in [0, 0.05) is 21.6 Å². The summed E-state index contributed by atoms with van der Waals surface area (Å²) in [5, 5.41) is 0. The molecule has 6 heteroatoms. The van der Waals surface area contributed by atoms with Crippen LogP contribution in [0.25, 0.3) is 0 Å². The number of hydrogen-bond donors (Lipinski definition) is 1. The maximum Gasteiger partial charge on any atom is 0.340 e. The summed E-state index contributed by atoms with van der Waals surface area (Å²) in [5.74, 6) is 1.09. The standard InChI is InChI=1S/C27H29NO4S/c1-14-7-8-16-12-17(10-9-15(16)11-14)32-27(31)20-13-21(33-2)22-23(24(20)28)26(30)19-6-4-3-5-18(19)25(22)29/h3-6,13-17H,7-12,28H2,1-2H3/t14?,15-,16?,17-/m1/s1. The van der Waals surface area contributed by atoms with Gasteiger partial charge in [-0.25, -0.2) is 4.79 Å². The van der Waals surface area contributed by atoms with Gasteiger partial charge in [0.25, 0.3) is 0 Å². The van der Waals surface area contributed by atoms with E-state index in [4.69, 9.17) is 10.5 Å². The molecule has 0 aromatic heterocycles. The molecule has 5 rings (SSSR count). The summed E-state index contributed by atoms with van der Waals surface area (Å²) in [6.45, 7) is 2.33. The zero-order valence-corrected chi connectivity index (χ0v) is 19.9. The van der Waals surface area contributed by atoms with Crippen LogP contribution in [0.2, 0.25) is 0 Å². The molecule has 0 amide bonds. The van der Waals surface area contributed by atoms with E-state index in [1.165, 1.54) is 31.0 Å². The quantitative estimate of drug-likeness (QED) is 0.312. The van der Waals surface area contributed by atoms with Gasteiger partial charge in [0.05, 0.1) is 16.8 Å². The lowest BCUT2D eigenvalue weighted by molar-refractivity contribution is -0.00485. The van der Waals surface area contributed by atoms with Crippen molar-refractivity contribution in [2.75, 3.05) is 12.0 Å². The maximum atomic E-state index is 13.3. The van der Waals surface area contributed by atoms with Crippen molar-refractivity contribution in [1.29, 1.82) is 0 Å². The summed E-state index contributed by atoms with van der Waals surface area (Å²) in [6.07, 6.45) is 8.27. The molecule has 0 radical (unpaired) electrons. The lowest BCUT2D eigenvalue weighted by Crippen LogP contribution is -2.35. The van der Waals surface area contributed by atoms with Crippen molar-refractivity contribution in [2.24, 2.45) is 17.8 Å². The number of ether oxygens (including phenoxy) is 1. The molecule has 0 saturated heterocycles. The van der Waals surface area contributed by atoms with E-state index in [1.807, 2.05) is 6.26 Å². The zero-order chi connectivity index (χ0) is 23.3. The first kappa shape index (κ1) is 22.2. The van der Waals surface area contributed by atoms with Gasteiger partial charge in [-0.2, -0.15) is 0 Å². The number of ketones is 2. The van der Waals surface area contributed by atoms with Crippen molar-refractivity contribution in [2.45, 2.75) is 56.4 Å². The van der Waals surface area contributed by atoms with Crippen LogP contribution in [-0.2, 0) is 4.74 Å². The molecule has 172 valence electrons. The topological polar surface area (TPSA) is 86.5 Å². The summed E-state index contributed by atoms with van der Waals surface area (Å²) in [5.41, 5.74) is 7.72. The molecule has 2 N–H and O–H groups in total. The van der Waals surface area contributed by atoms with Crippen molar-refractivity contribution in [3.63, 3.8) is 0 Å². The van der Waals surface area contributed by atoms with Gasteiger partial charge in [-0.05, 0) is 62.2 Å². The number of carbonyl (C=O) groups is 3. The molecule has 33 heavy (non-hydrogen) atoms. The highest BCUT2D eigenvalue weighted by Crippen LogP contribution is 2.44. The van der Waals surface area contributed by atoms with Crippen molar-refractivity contribution in [3.05, 3.63) is 58.1 Å². The molecule has 5 nitrogen and oxygen atoms in total. The van der Waals surface area contributed by atoms with E-state index in [0.717, 1.165) is 31.1 Å². The molecule has 0 bridgehead atoms. The number of thioether (sulfide) groups is 1. The molecule has 0 spiro atoms. The third-order valence-corrected chi connectivity index (χ3v) is 8.50. The third-order valence-electron chi connectivity index (χ3n) is 7.74. The van der Waals surface area contributed by atoms with Gasteiger partial charge in [-0.3, -0.25) is 9.59 Å². The van der Waals surface area contributed by atoms with Crippen LogP contribution in [0, 0.1) is 17.8 Å². The predicted octanol–water partition coefficient (Wildman–Crippen LogP) is 5.53. The van der Waals surface area contributed by atoms with Gasteiger partial charge in [-0.1, -0.05) is 37.6 Å². The highest BCUT2D eigenvalue weighted by molar-refractivity contribution is 7.98. The first-order chi connectivity index (χ1) is 15.9. The Bertz CT molecular complexity index is 1160. The fourth-order valence-corrected chi connectivity index (χ4v) is 6.65. The number of rotatable bonds is 3. The van der Waals surface area contributed by atoms with Crippen LogP contribution in [0.4, 0.5) is 5.69 Å². The van der Waals surface area contributed by atoms with Gasteiger partial charge in [0.1, 0.15) is 6.10 Å². The van der Waals surface area contributed by atoms with Crippen molar-refractivity contribution >= 4 is 35.0 Å². The van der Waals surface area contributed by atoms with E-state index in [0.29, 0.717) is 21.9 Å². The van der Waals surface area contributed by atoms with E-state index in [-0.39, 0.29) is 40.0 Å². The zero-order valence-electron chi connectivity index (χ0n) is 19.1. The molecule has 4 atom stereocenters. The van der Waals surface area contributed by atoms with Gasteiger partial charge in [0.2, 0.25) is 0 Å². The summed E-state index contributed by atoms with van der Waals surface area (Å²) < 4.78 is 5.93. The van der Waals surface area contributed by atoms with Crippen molar-refractivity contribution in [3.8, 4) is 0 Å². The minimum Gasteiger partial charge on any atom is -0.459 e. The second-order valence-electron chi connectivity index (χ2n) is 9.77. The number of esters is 1. The second kappa shape index (κ2) is 8.64. The molecule has 0 heterocycles. The summed E-state index contributed by atoms with van der Waals surface area (Å²) in [7, 11) is 0. The largest absolute Gasteiger partial charge is 0.459 e. The Labute approximate surface area is 198 Å². The first-order valence-electron chi connectivity index (χ1n) is 11.8. The number of benzene rings is 2. The Morgan fingerprint density at radius 3 is 2.30 bits per heavy atom. The van der Waals surface area contributed by atoms with Crippen molar-refractivity contribution in [1.82, 2.24) is 0 Å². The molecular formula is C27H29NO4S. The average Bonchev–Trinajstić information content (AvgIpc) is 2.82. The van der Waals surface area contributed by atoms with Crippen LogP contribution >= 0.6 is 11.8 Å². The van der Waals surface area contributed by atoms with Gasteiger partial charge in [-0.15, -0.1) is 11.8 Å². The predicted molar refractivity (Wildman–Crippen MR) is 129 cm³/mol. The number of anilines is 1.